The maximum absolute atomic E-state index is 13.3. The van der Waals surface area contributed by atoms with Crippen molar-refractivity contribution >= 4 is 5.91 Å². The fourth-order valence-electron chi connectivity index (χ4n) is 12.0. The summed E-state index contributed by atoms with van der Waals surface area (Å²) >= 11 is 0. The molecule has 0 aromatic carbocycles. The molecule has 0 aromatic rings. The number of rotatable bonds is 64. The number of amides is 1. The minimum atomic E-state index is -1.67. The van der Waals surface area contributed by atoms with Gasteiger partial charge in [0, 0.05) is 0 Å². The second-order valence-electron chi connectivity index (χ2n) is 25.7. The molecule has 0 radical (unpaired) electrons. The first-order valence-corrected chi connectivity index (χ1v) is 36.1. The molecule has 11 nitrogen and oxygen atoms in total. The predicted octanol–water partition coefficient (Wildman–Crippen LogP) is 17.4. The number of nitrogens with one attached hydrogen (secondary N) is 1. The Morgan fingerprint density at radius 2 is 0.720 bits per heavy atom. The van der Waals surface area contributed by atoms with Crippen LogP contribution in [0.5, 0.6) is 0 Å². The highest BCUT2D eigenvalue weighted by molar-refractivity contribution is 5.80. The van der Waals surface area contributed by atoms with Crippen LogP contribution in [0.2, 0.25) is 0 Å². The summed E-state index contributed by atoms with van der Waals surface area (Å²) in [7, 11) is 0. The van der Waals surface area contributed by atoms with Gasteiger partial charge in [-0.2, -0.15) is 0 Å². The van der Waals surface area contributed by atoms with Gasteiger partial charge in [0.25, 0.3) is 0 Å². The fraction of sp³-hybridized carbons (Fsp3) is 0.958. The zero-order valence-electron chi connectivity index (χ0n) is 54.0. The van der Waals surface area contributed by atoms with Crippen LogP contribution >= 0.6 is 0 Å². The van der Waals surface area contributed by atoms with Gasteiger partial charge in [-0.3, -0.25) is 4.79 Å². The molecule has 1 aliphatic heterocycles. The van der Waals surface area contributed by atoms with E-state index in [1.807, 2.05) is 0 Å². The topological polar surface area (TPSA) is 189 Å². The standard InChI is InChI=1S/C71H139NO10/c1-3-5-7-9-11-13-15-17-19-21-23-25-27-28-29-30-31-32-33-34-35-37-39-41-43-45-47-49-51-53-55-57-59-64(75)70(80)72-62(61-81-71-69(79)68(78)67(77)65(60-73)82-71)66(76)63(74)58-56-54-52-50-48-46-44-42-40-38-36-26-24-22-20-18-16-14-12-10-8-6-4-2/h50,52,62-69,71,73-79H,3-49,51,53-61H2,1-2H3,(H,72,80)/b52-50+. The van der Waals surface area contributed by atoms with Crippen molar-refractivity contribution in [3.05, 3.63) is 12.2 Å². The quantitative estimate of drug-likeness (QED) is 0.0215. The van der Waals surface area contributed by atoms with E-state index in [9.17, 15) is 40.5 Å². The normalized spacial score (nSPS) is 19.1. The maximum atomic E-state index is 13.3. The van der Waals surface area contributed by atoms with Crippen molar-refractivity contribution in [2.24, 2.45) is 0 Å². The van der Waals surface area contributed by atoms with Gasteiger partial charge >= 0.3 is 0 Å². The summed E-state index contributed by atoms with van der Waals surface area (Å²) in [4.78, 5) is 13.3. The molecule has 0 saturated carbocycles. The number of aliphatic hydroxyl groups excluding tert-OH is 7. The molecule has 1 fully saturated rings. The number of unbranched alkanes of at least 4 members (excludes halogenated alkanes) is 50. The molecule has 0 spiro atoms. The summed E-state index contributed by atoms with van der Waals surface area (Å²) in [5.74, 6) is -0.697. The summed E-state index contributed by atoms with van der Waals surface area (Å²) in [5.41, 5.74) is 0. The molecule has 11 heteroatoms. The predicted molar refractivity (Wildman–Crippen MR) is 344 cm³/mol. The molecule has 488 valence electrons. The van der Waals surface area contributed by atoms with Gasteiger partial charge in [0.15, 0.2) is 6.29 Å². The Morgan fingerprint density at radius 1 is 0.415 bits per heavy atom. The van der Waals surface area contributed by atoms with Crippen molar-refractivity contribution in [2.75, 3.05) is 13.2 Å². The second-order valence-corrected chi connectivity index (χ2v) is 25.7. The molecule has 9 unspecified atom stereocenters. The number of ether oxygens (including phenoxy) is 2. The van der Waals surface area contributed by atoms with Crippen molar-refractivity contribution in [3.63, 3.8) is 0 Å². The van der Waals surface area contributed by atoms with Crippen LogP contribution in [0.15, 0.2) is 12.2 Å². The molecule has 0 aliphatic carbocycles. The van der Waals surface area contributed by atoms with E-state index in [4.69, 9.17) is 9.47 Å². The highest BCUT2D eigenvalue weighted by atomic mass is 16.7. The third-order valence-electron chi connectivity index (χ3n) is 17.8. The molecule has 1 heterocycles. The van der Waals surface area contributed by atoms with Crippen molar-refractivity contribution in [2.45, 2.75) is 422 Å². The van der Waals surface area contributed by atoms with Gasteiger partial charge in [-0.05, 0) is 38.5 Å². The number of hydrogen-bond acceptors (Lipinski definition) is 10. The van der Waals surface area contributed by atoms with E-state index < -0.39 is 74.2 Å². The molecule has 9 atom stereocenters. The number of aliphatic hydroxyl groups is 7. The van der Waals surface area contributed by atoms with Gasteiger partial charge in [0.2, 0.25) is 5.91 Å². The number of allylic oxidation sites excluding steroid dienone is 2. The zero-order chi connectivity index (χ0) is 59.6. The SMILES string of the molecule is CCCCCCCCCCCCCCCCCCCC/C=C/CCCC(O)C(O)C(COC1OC(CO)C(O)C(O)C1O)NC(=O)C(O)CCCCCCCCCCCCCCCCCCCCCCCCCCCCCCCCCC. The van der Waals surface area contributed by atoms with E-state index in [1.165, 1.54) is 289 Å². The Bertz CT molecular complexity index is 1340. The molecular formula is C71H139NO10. The van der Waals surface area contributed by atoms with Gasteiger partial charge in [-0.15, -0.1) is 0 Å². The van der Waals surface area contributed by atoms with Crippen LogP contribution in [0.1, 0.15) is 367 Å². The third-order valence-corrected chi connectivity index (χ3v) is 17.8. The Kier molecular flexibility index (Phi) is 57.8. The smallest absolute Gasteiger partial charge is 0.249 e. The monoisotopic (exact) mass is 1170 g/mol. The second kappa shape index (κ2) is 60.1. The van der Waals surface area contributed by atoms with Gasteiger partial charge in [0.05, 0.1) is 25.4 Å². The van der Waals surface area contributed by atoms with Crippen LogP contribution in [0.4, 0.5) is 0 Å². The Morgan fingerprint density at radius 3 is 1.05 bits per heavy atom. The summed E-state index contributed by atoms with van der Waals surface area (Å²) in [6.07, 6.45) is 63.1. The first kappa shape index (κ1) is 78.9. The van der Waals surface area contributed by atoms with Gasteiger partial charge in [-0.25, -0.2) is 0 Å². The number of carbonyl (C=O) groups is 1. The summed E-state index contributed by atoms with van der Waals surface area (Å²) < 4.78 is 11.2. The Labute approximate surface area is 506 Å². The molecule has 8 N–H and O–H groups in total. The van der Waals surface area contributed by atoms with Crippen molar-refractivity contribution in [3.8, 4) is 0 Å². The molecule has 82 heavy (non-hydrogen) atoms. The molecule has 0 bridgehead atoms. The third kappa shape index (κ3) is 47.0. The van der Waals surface area contributed by atoms with Gasteiger partial charge < -0.3 is 50.5 Å². The summed E-state index contributed by atoms with van der Waals surface area (Å²) in [6.45, 7) is 3.51. The fourth-order valence-corrected chi connectivity index (χ4v) is 12.0. The maximum Gasteiger partial charge on any atom is 0.249 e. The lowest BCUT2D eigenvalue weighted by atomic mass is 9.98. The minimum Gasteiger partial charge on any atom is -0.394 e. The lowest BCUT2D eigenvalue weighted by molar-refractivity contribution is -0.303. The van der Waals surface area contributed by atoms with Crippen molar-refractivity contribution in [1.29, 1.82) is 0 Å². The summed E-state index contributed by atoms with van der Waals surface area (Å²) in [6, 6.07) is -1.18. The first-order valence-electron chi connectivity index (χ1n) is 36.1. The van der Waals surface area contributed by atoms with Crippen molar-refractivity contribution < 1.29 is 50.0 Å². The van der Waals surface area contributed by atoms with Crippen LogP contribution in [-0.2, 0) is 14.3 Å². The van der Waals surface area contributed by atoms with E-state index in [1.54, 1.807) is 0 Å². The van der Waals surface area contributed by atoms with E-state index in [0.29, 0.717) is 12.8 Å². The van der Waals surface area contributed by atoms with Crippen molar-refractivity contribution in [1.82, 2.24) is 5.32 Å². The van der Waals surface area contributed by atoms with E-state index in [2.05, 4.69) is 31.3 Å². The summed E-state index contributed by atoms with van der Waals surface area (Å²) in [5, 5.41) is 76.5. The lowest BCUT2D eigenvalue weighted by Gasteiger charge is -2.40. The molecule has 1 rings (SSSR count). The minimum absolute atomic E-state index is 0.260. The van der Waals surface area contributed by atoms with E-state index in [-0.39, 0.29) is 12.8 Å². The van der Waals surface area contributed by atoms with Crippen LogP contribution in [0, 0.1) is 0 Å². The molecule has 0 aromatic heterocycles. The molecular weight excluding hydrogens is 1030 g/mol. The van der Waals surface area contributed by atoms with Crippen LogP contribution in [-0.4, -0.2) is 110 Å². The van der Waals surface area contributed by atoms with E-state index in [0.717, 1.165) is 38.5 Å². The number of hydrogen-bond donors (Lipinski definition) is 8. The van der Waals surface area contributed by atoms with Crippen LogP contribution in [0.3, 0.4) is 0 Å². The largest absolute Gasteiger partial charge is 0.394 e. The first-order chi connectivity index (χ1) is 40.2. The molecule has 1 amide bonds. The average molecular weight is 1170 g/mol. The zero-order valence-corrected chi connectivity index (χ0v) is 54.0. The Hall–Kier alpha value is -1.15. The highest BCUT2D eigenvalue weighted by Crippen LogP contribution is 2.24. The number of carbonyl (C=O) groups excluding carboxylic acids is 1. The highest BCUT2D eigenvalue weighted by Gasteiger charge is 2.44. The molecule has 1 saturated heterocycles. The van der Waals surface area contributed by atoms with Gasteiger partial charge in [-0.1, -0.05) is 341 Å². The Balaban J connectivity index is 2.17. The van der Waals surface area contributed by atoms with E-state index >= 15 is 0 Å². The van der Waals surface area contributed by atoms with Gasteiger partial charge in [0.1, 0.15) is 36.6 Å². The van der Waals surface area contributed by atoms with Crippen LogP contribution < -0.4 is 5.32 Å². The van der Waals surface area contributed by atoms with Crippen LogP contribution in [0.25, 0.3) is 0 Å². The molecule has 1 aliphatic rings. The average Bonchev–Trinajstić information content (AvgIpc) is 3.53. The lowest BCUT2D eigenvalue weighted by Crippen LogP contribution is -2.60.